The van der Waals surface area contributed by atoms with Gasteiger partial charge in [0.2, 0.25) is 11.8 Å². The first-order valence-electron chi connectivity index (χ1n) is 9.36. The molecule has 2 rings (SSSR count). The molecule has 0 spiro atoms. The number of hydrogen-bond acceptors (Lipinski definition) is 5. The number of nitrogens with one attached hydrogen (secondary N) is 2. The highest BCUT2D eigenvalue weighted by atomic mass is 32.1. The van der Waals surface area contributed by atoms with Crippen LogP contribution in [0.3, 0.4) is 0 Å². The SMILES string of the molecule is CCOC(=O)c1c(NC(=O)CCNC(=O)Cc2ccccc2)sc(C)c1CC. The maximum atomic E-state index is 12.3. The summed E-state index contributed by atoms with van der Waals surface area (Å²) >= 11 is 1.37. The minimum Gasteiger partial charge on any atom is -0.462 e. The third kappa shape index (κ3) is 5.92. The molecule has 1 aromatic heterocycles. The minimum absolute atomic E-state index is 0.126. The number of aryl methyl sites for hydroxylation is 1. The molecular weight excluding hydrogens is 376 g/mol. The van der Waals surface area contributed by atoms with E-state index in [1.165, 1.54) is 11.3 Å². The van der Waals surface area contributed by atoms with E-state index in [9.17, 15) is 14.4 Å². The van der Waals surface area contributed by atoms with E-state index in [1.54, 1.807) is 6.92 Å². The average molecular weight is 403 g/mol. The van der Waals surface area contributed by atoms with Gasteiger partial charge in [-0.2, -0.15) is 0 Å². The Morgan fingerprint density at radius 2 is 1.79 bits per heavy atom. The normalized spacial score (nSPS) is 10.4. The molecule has 2 amide bonds. The lowest BCUT2D eigenvalue weighted by molar-refractivity contribution is -0.120. The second-order valence-corrected chi connectivity index (χ2v) is 7.45. The van der Waals surface area contributed by atoms with Crippen molar-refractivity contribution in [2.75, 3.05) is 18.5 Å². The number of amides is 2. The number of benzene rings is 1. The van der Waals surface area contributed by atoms with Crippen LogP contribution in [0.25, 0.3) is 0 Å². The summed E-state index contributed by atoms with van der Waals surface area (Å²) in [7, 11) is 0. The summed E-state index contributed by atoms with van der Waals surface area (Å²) in [6.07, 6.45) is 1.09. The molecule has 0 aliphatic rings. The van der Waals surface area contributed by atoms with E-state index >= 15 is 0 Å². The number of thiophene rings is 1. The van der Waals surface area contributed by atoms with Crippen LogP contribution < -0.4 is 10.6 Å². The molecule has 0 saturated heterocycles. The zero-order valence-electron chi connectivity index (χ0n) is 16.5. The van der Waals surface area contributed by atoms with Crippen LogP contribution >= 0.6 is 11.3 Å². The third-order valence-corrected chi connectivity index (χ3v) is 5.24. The molecule has 0 fully saturated rings. The van der Waals surface area contributed by atoms with Crippen LogP contribution in [-0.4, -0.2) is 30.9 Å². The molecule has 28 heavy (non-hydrogen) atoms. The van der Waals surface area contributed by atoms with Crippen LogP contribution in [0.5, 0.6) is 0 Å². The third-order valence-electron chi connectivity index (χ3n) is 4.18. The number of ether oxygens (including phenoxy) is 1. The Balaban J connectivity index is 1.90. The molecule has 0 bridgehead atoms. The van der Waals surface area contributed by atoms with Gasteiger partial charge in [0.15, 0.2) is 0 Å². The average Bonchev–Trinajstić information content (AvgIpc) is 2.97. The fourth-order valence-electron chi connectivity index (χ4n) is 2.86. The number of hydrogen-bond donors (Lipinski definition) is 2. The predicted octanol–water partition coefficient (Wildman–Crippen LogP) is 3.48. The van der Waals surface area contributed by atoms with Crippen LogP contribution in [-0.2, 0) is 27.2 Å². The van der Waals surface area contributed by atoms with Gasteiger partial charge in [-0.25, -0.2) is 4.79 Å². The molecular formula is C21H26N2O4S. The van der Waals surface area contributed by atoms with Gasteiger partial charge < -0.3 is 15.4 Å². The highest BCUT2D eigenvalue weighted by Crippen LogP contribution is 2.34. The zero-order valence-corrected chi connectivity index (χ0v) is 17.3. The lowest BCUT2D eigenvalue weighted by Crippen LogP contribution is -2.29. The van der Waals surface area contributed by atoms with Gasteiger partial charge in [0.05, 0.1) is 18.6 Å². The van der Waals surface area contributed by atoms with Gasteiger partial charge in [0, 0.05) is 17.8 Å². The number of rotatable bonds is 9. The van der Waals surface area contributed by atoms with Crippen molar-refractivity contribution in [1.29, 1.82) is 0 Å². The van der Waals surface area contributed by atoms with Gasteiger partial charge in [-0.05, 0) is 31.4 Å². The summed E-state index contributed by atoms with van der Waals surface area (Å²) in [5, 5.41) is 6.05. The lowest BCUT2D eigenvalue weighted by atomic mass is 10.1. The van der Waals surface area contributed by atoms with Crippen LogP contribution in [0, 0.1) is 6.92 Å². The second-order valence-electron chi connectivity index (χ2n) is 6.23. The van der Waals surface area contributed by atoms with Gasteiger partial charge in [0.1, 0.15) is 5.00 Å². The summed E-state index contributed by atoms with van der Waals surface area (Å²) in [5.74, 6) is -0.809. The van der Waals surface area contributed by atoms with Gasteiger partial charge in [-0.3, -0.25) is 9.59 Å². The van der Waals surface area contributed by atoms with Gasteiger partial charge in [0.25, 0.3) is 0 Å². The highest BCUT2D eigenvalue weighted by Gasteiger charge is 2.23. The molecule has 2 aromatic rings. The molecule has 2 N–H and O–H groups in total. The summed E-state index contributed by atoms with van der Waals surface area (Å²) in [5.41, 5.74) is 2.26. The minimum atomic E-state index is -0.421. The molecule has 7 heteroatoms. The van der Waals surface area contributed by atoms with Crippen LogP contribution in [0.4, 0.5) is 5.00 Å². The van der Waals surface area contributed by atoms with Crippen molar-refractivity contribution in [2.24, 2.45) is 0 Å². The standard InChI is InChI=1S/C21H26N2O4S/c1-4-16-14(3)28-20(19(16)21(26)27-5-2)23-17(24)11-12-22-18(25)13-15-9-7-6-8-10-15/h6-10H,4-5,11-13H2,1-3H3,(H,22,25)(H,23,24). The van der Waals surface area contributed by atoms with E-state index in [-0.39, 0.29) is 37.8 Å². The molecule has 6 nitrogen and oxygen atoms in total. The molecule has 0 radical (unpaired) electrons. The highest BCUT2D eigenvalue weighted by molar-refractivity contribution is 7.16. The molecule has 0 saturated carbocycles. The number of carbonyl (C=O) groups excluding carboxylic acids is 3. The topological polar surface area (TPSA) is 84.5 Å². The largest absolute Gasteiger partial charge is 0.462 e. The van der Waals surface area contributed by atoms with Crippen molar-refractivity contribution in [1.82, 2.24) is 5.32 Å². The molecule has 0 unspecified atom stereocenters. The van der Waals surface area contributed by atoms with Crippen molar-refractivity contribution in [3.63, 3.8) is 0 Å². The zero-order chi connectivity index (χ0) is 20.5. The fraction of sp³-hybridized carbons (Fsp3) is 0.381. The molecule has 0 aliphatic carbocycles. The Morgan fingerprint density at radius 1 is 1.07 bits per heavy atom. The van der Waals surface area contributed by atoms with Gasteiger partial charge in [-0.15, -0.1) is 11.3 Å². The first kappa shape index (κ1) is 21.6. The van der Waals surface area contributed by atoms with Crippen molar-refractivity contribution in [3.05, 3.63) is 51.9 Å². The predicted molar refractivity (Wildman–Crippen MR) is 111 cm³/mol. The summed E-state index contributed by atoms with van der Waals surface area (Å²) < 4.78 is 5.13. The Bertz CT molecular complexity index is 830. The summed E-state index contributed by atoms with van der Waals surface area (Å²) in [6, 6.07) is 9.42. The maximum Gasteiger partial charge on any atom is 0.341 e. The summed E-state index contributed by atoms with van der Waals surface area (Å²) in [4.78, 5) is 37.5. The molecule has 0 atom stereocenters. The fourth-order valence-corrected chi connectivity index (χ4v) is 4.01. The summed E-state index contributed by atoms with van der Waals surface area (Å²) in [6.45, 7) is 6.14. The Morgan fingerprint density at radius 3 is 2.43 bits per heavy atom. The van der Waals surface area contributed by atoms with E-state index in [2.05, 4.69) is 10.6 Å². The van der Waals surface area contributed by atoms with Crippen molar-refractivity contribution in [3.8, 4) is 0 Å². The van der Waals surface area contributed by atoms with Crippen molar-refractivity contribution >= 4 is 34.1 Å². The molecule has 1 heterocycles. The molecule has 1 aromatic carbocycles. The van der Waals surface area contributed by atoms with E-state index in [1.807, 2.05) is 44.2 Å². The monoisotopic (exact) mass is 402 g/mol. The van der Waals surface area contributed by atoms with Crippen LogP contribution in [0.1, 0.15) is 46.6 Å². The quantitative estimate of drug-likeness (QED) is 0.629. The van der Waals surface area contributed by atoms with Crippen molar-refractivity contribution < 1.29 is 19.1 Å². The second kappa shape index (κ2) is 10.6. The maximum absolute atomic E-state index is 12.3. The van der Waals surface area contributed by atoms with Crippen LogP contribution in [0.15, 0.2) is 30.3 Å². The van der Waals surface area contributed by atoms with Crippen LogP contribution in [0.2, 0.25) is 0 Å². The van der Waals surface area contributed by atoms with Gasteiger partial charge in [-0.1, -0.05) is 37.3 Å². The van der Waals surface area contributed by atoms with E-state index in [0.29, 0.717) is 17.0 Å². The van der Waals surface area contributed by atoms with Gasteiger partial charge >= 0.3 is 5.97 Å². The Kier molecular flexibility index (Phi) is 8.19. The molecule has 0 aliphatic heterocycles. The van der Waals surface area contributed by atoms with E-state index < -0.39 is 5.97 Å². The number of esters is 1. The first-order chi connectivity index (χ1) is 13.5. The smallest absolute Gasteiger partial charge is 0.341 e. The van der Waals surface area contributed by atoms with Crippen molar-refractivity contribution in [2.45, 2.75) is 40.0 Å². The van der Waals surface area contributed by atoms with E-state index in [0.717, 1.165) is 16.0 Å². The first-order valence-corrected chi connectivity index (χ1v) is 10.2. The molecule has 150 valence electrons. The lowest BCUT2D eigenvalue weighted by Gasteiger charge is -2.09. The number of anilines is 1. The Hall–Kier alpha value is -2.67. The number of carbonyl (C=O) groups is 3. The Labute approximate surface area is 169 Å². The van der Waals surface area contributed by atoms with E-state index in [4.69, 9.17) is 4.74 Å².